The van der Waals surface area contributed by atoms with E-state index in [2.05, 4.69) is 31.1 Å². The van der Waals surface area contributed by atoms with Crippen molar-refractivity contribution >= 4 is 22.1 Å². The third kappa shape index (κ3) is 7.37. The molecule has 0 radical (unpaired) electrons. The molecular weight excluding hydrogens is 563 g/mol. The van der Waals surface area contributed by atoms with Gasteiger partial charge in [-0.15, -0.1) is 0 Å². The van der Waals surface area contributed by atoms with E-state index in [4.69, 9.17) is 0 Å². The third-order valence-electron chi connectivity index (χ3n) is 6.49. The van der Waals surface area contributed by atoms with Crippen molar-refractivity contribution < 1.29 is 26.3 Å². The van der Waals surface area contributed by atoms with E-state index in [0.717, 1.165) is 73.4 Å². The summed E-state index contributed by atoms with van der Waals surface area (Å²) in [6.07, 6.45) is -3.18. The first kappa shape index (κ1) is 29.0. The molecule has 0 unspecified atom stereocenters. The number of benzene rings is 1. The van der Waals surface area contributed by atoms with Crippen LogP contribution in [0.1, 0.15) is 81.7 Å². The van der Waals surface area contributed by atoms with E-state index < -0.39 is 41.9 Å². The van der Waals surface area contributed by atoms with Gasteiger partial charge in [-0.1, -0.05) is 0 Å². The summed E-state index contributed by atoms with van der Waals surface area (Å²) in [5.41, 5.74) is -1.90. The van der Waals surface area contributed by atoms with E-state index in [1.807, 2.05) is 6.92 Å². The minimum absolute atomic E-state index is 0.0850. The van der Waals surface area contributed by atoms with Crippen molar-refractivity contribution in [3.8, 4) is 0 Å². The van der Waals surface area contributed by atoms with E-state index in [0.29, 0.717) is 0 Å². The Morgan fingerprint density at radius 3 is 1.59 bits per heavy atom. The van der Waals surface area contributed by atoms with Crippen LogP contribution in [-0.4, -0.2) is 33.4 Å². The van der Waals surface area contributed by atoms with E-state index in [-0.39, 0.29) is 18.2 Å². The van der Waals surface area contributed by atoms with E-state index in [1.54, 1.807) is 0 Å². The van der Waals surface area contributed by atoms with Crippen molar-refractivity contribution in [1.29, 1.82) is 0 Å². The van der Waals surface area contributed by atoms with Crippen LogP contribution in [0.15, 0.2) is 18.2 Å². The Balaban J connectivity index is 2.50. The topological polar surface area (TPSA) is 30.7 Å². The molecule has 0 atom stereocenters. The molecule has 0 spiro atoms. The number of rotatable bonds is 12. The molecule has 0 aliphatic heterocycles. The van der Waals surface area contributed by atoms with Crippen molar-refractivity contribution in [2.45, 2.75) is 98.4 Å². The molecule has 0 fully saturated rings. The normalized spacial score (nSPS) is 13.0. The van der Waals surface area contributed by atoms with Crippen LogP contribution in [0.4, 0.5) is 26.3 Å². The van der Waals surface area contributed by atoms with Gasteiger partial charge in [0.25, 0.3) is 0 Å². The zero-order valence-electron chi connectivity index (χ0n) is 20.4. The molecule has 1 heterocycles. The Hall–Kier alpha value is -1.26. The van der Waals surface area contributed by atoms with E-state index >= 15 is 0 Å². The fourth-order valence-corrected chi connectivity index (χ4v) is 20.8. The molecule has 2 rings (SSSR count). The molecule has 1 aromatic heterocycles. The van der Waals surface area contributed by atoms with Gasteiger partial charge in [-0.25, -0.2) is 0 Å². The Kier molecular flexibility index (Phi) is 10.3. The van der Waals surface area contributed by atoms with Crippen LogP contribution in [0.2, 0.25) is 13.3 Å². The van der Waals surface area contributed by atoms with Crippen molar-refractivity contribution in [1.82, 2.24) is 15.0 Å². The summed E-state index contributed by atoms with van der Waals surface area (Å²) >= 11 is -2.95. The van der Waals surface area contributed by atoms with Gasteiger partial charge in [0.2, 0.25) is 0 Å². The second kappa shape index (κ2) is 12.1. The van der Waals surface area contributed by atoms with Crippen LogP contribution in [0.3, 0.4) is 0 Å². The zero-order valence-corrected chi connectivity index (χ0v) is 23.3. The van der Waals surface area contributed by atoms with Gasteiger partial charge < -0.3 is 0 Å². The molecule has 10 heteroatoms. The number of hydrogen-bond acceptors (Lipinski definition) is 2. The quantitative estimate of drug-likeness (QED) is 0.185. The molecule has 0 saturated heterocycles. The van der Waals surface area contributed by atoms with Crippen LogP contribution in [0, 0.1) is 6.92 Å². The Labute approximate surface area is 202 Å². The second-order valence-corrected chi connectivity index (χ2v) is 22.1. The Morgan fingerprint density at radius 2 is 1.21 bits per heavy atom. The molecule has 192 valence electrons. The average molecular weight is 598 g/mol. The van der Waals surface area contributed by atoms with E-state index in [1.165, 1.54) is 4.68 Å². The zero-order chi connectivity index (χ0) is 25.6. The SMILES string of the molecule is CCC[CH2][Sn]([CH2]CCC)([CH2]CCC)[c]1nnn(Cc2cc(C(F)(F)F)cc(C(F)(F)F)c2)c1C. The maximum absolute atomic E-state index is 13.3. The molecule has 0 aliphatic carbocycles. The van der Waals surface area contributed by atoms with Crippen LogP contribution < -0.4 is 3.71 Å². The van der Waals surface area contributed by atoms with Gasteiger partial charge in [-0.05, 0) is 0 Å². The number of unbranched alkanes of at least 4 members (excludes halogenated alkanes) is 3. The van der Waals surface area contributed by atoms with Gasteiger partial charge in [0, 0.05) is 0 Å². The van der Waals surface area contributed by atoms with Gasteiger partial charge in [0.15, 0.2) is 0 Å². The number of nitrogens with zero attached hydrogens (tertiary/aromatic N) is 3. The molecule has 1 aromatic carbocycles. The molecule has 0 saturated carbocycles. The summed E-state index contributed by atoms with van der Waals surface area (Å²) in [6.45, 7) is 8.16. The van der Waals surface area contributed by atoms with Crippen LogP contribution in [-0.2, 0) is 18.9 Å². The second-order valence-electron chi connectivity index (χ2n) is 9.19. The molecule has 3 nitrogen and oxygen atoms in total. The Bertz CT molecular complexity index is 866. The standard InChI is InChI=1S/C12H8F6N3.3C4H9.Sn/c1-7-5-19-20-21(7)6-8-2-9(11(13,14)15)4-10(3-8)12(16,17)18;3*1-3-4-2;/h2-4H,6H2,1H3;3*1,3-4H2,2H3;. The molecule has 0 amide bonds. The van der Waals surface area contributed by atoms with Crippen molar-refractivity contribution in [3.63, 3.8) is 0 Å². The maximum atomic E-state index is 13.3. The number of hydrogen-bond donors (Lipinski definition) is 0. The summed E-state index contributed by atoms with van der Waals surface area (Å²) in [6, 6.07) is 1.71. The minimum atomic E-state index is -4.87. The summed E-state index contributed by atoms with van der Waals surface area (Å²) in [5, 5.41) is 8.79. The predicted molar refractivity (Wildman–Crippen MR) is 125 cm³/mol. The summed E-state index contributed by atoms with van der Waals surface area (Å²) < 4.78 is 85.6. The third-order valence-corrected chi connectivity index (χ3v) is 21.9. The molecule has 0 aliphatic rings. The van der Waals surface area contributed by atoms with E-state index in [9.17, 15) is 26.3 Å². The molecule has 2 aromatic rings. The first-order chi connectivity index (χ1) is 15.9. The fourth-order valence-electron chi connectivity index (χ4n) is 4.56. The van der Waals surface area contributed by atoms with Crippen LogP contribution >= 0.6 is 0 Å². The predicted octanol–water partition coefficient (Wildman–Crippen LogP) is 7.73. The van der Waals surface area contributed by atoms with Crippen molar-refractivity contribution in [3.05, 3.63) is 40.6 Å². The van der Waals surface area contributed by atoms with Gasteiger partial charge in [-0.3, -0.25) is 0 Å². The number of halogens is 6. The van der Waals surface area contributed by atoms with Crippen molar-refractivity contribution in [2.24, 2.45) is 0 Å². The molecule has 0 bridgehead atoms. The van der Waals surface area contributed by atoms with Crippen LogP contribution in [0.5, 0.6) is 0 Å². The number of alkyl halides is 6. The summed E-state index contributed by atoms with van der Waals surface area (Å²) in [4.78, 5) is 0. The first-order valence-electron chi connectivity index (χ1n) is 12.1. The van der Waals surface area contributed by atoms with Gasteiger partial charge in [-0.2, -0.15) is 0 Å². The first-order valence-corrected chi connectivity index (χ1v) is 19.5. The van der Waals surface area contributed by atoms with Gasteiger partial charge >= 0.3 is 202 Å². The van der Waals surface area contributed by atoms with Gasteiger partial charge in [0.05, 0.1) is 0 Å². The van der Waals surface area contributed by atoms with Crippen molar-refractivity contribution in [2.75, 3.05) is 0 Å². The Morgan fingerprint density at radius 1 is 0.765 bits per heavy atom. The summed E-state index contributed by atoms with van der Waals surface area (Å²) in [5.74, 6) is 0. The van der Waals surface area contributed by atoms with Gasteiger partial charge in [0.1, 0.15) is 0 Å². The number of aromatic nitrogens is 3. The monoisotopic (exact) mass is 599 g/mol. The average Bonchev–Trinajstić information content (AvgIpc) is 3.12. The molecular formula is C24H35F6N3Sn. The molecule has 0 N–H and O–H groups in total. The fraction of sp³-hybridized carbons (Fsp3) is 0.667. The van der Waals surface area contributed by atoms with Crippen LogP contribution in [0.25, 0.3) is 0 Å². The summed E-state index contributed by atoms with van der Waals surface area (Å²) in [7, 11) is 0. The molecule has 34 heavy (non-hydrogen) atoms.